The fraction of sp³-hybridized carbons (Fsp3) is 0.150. The average Bonchev–Trinajstić information content (AvgIpc) is 2.65. The van der Waals surface area contributed by atoms with Crippen molar-refractivity contribution < 1.29 is 4.79 Å². The fourth-order valence-electron chi connectivity index (χ4n) is 2.91. The SMILES string of the molecule is NC(=O)C(c1ccccc1Cl)N(Cc1ccncc1)Cc1cccnc1. The number of amides is 1. The van der Waals surface area contributed by atoms with E-state index in [0.29, 0.717) is 23.7 Å². The molecule has 2 aromatic heterocycles. The van der Waals surface area contributed by atoms with Crippen molar-refractivity contribution in [1.29, 1.82) is 0 Å². The number of primary amides is 1. The predicted octanol–water partition coefficient (Wildman–Crippen LogP) is 3.36. The number of carbonyl (C=O) groups is 1. The lowest BCUT2D eigenvalue weighted by molar-refractivity contribution is -0.124. The van der Waals surface area contributed by atoms with Crippen molar-refractivity contribution in [3.63, 3.8) is 0 Å². The van der Waals surface area contributed by atoms with Gasteiger partial charge in [0.05, 0.1) is 0 Å². The number of carbonyl (C=O) groups excluding carboxylic acids is 1. The molecular formula is C20H19ClN4O. The van der Waals surface area contributed by atoms with Gasteiger partial charge in [-0.3, -0.25) is 19.7 Å². The van der Waals surface area contributed by atoms with E-state index in [0.717, 1.165) is 11.1 Å². The van der Waals surface area contributed by atoms with Gasteiger partial charge in [-0.05, 0) is 41.0 Å². The van der Waals surface area contributed by atoms with Crippen LogP contribution in [0.4, 0.5) is 0 Å². The van der Waals surface area contributed by atoms with Crippen LogP contribution in [0, 0.1) is 0 Å². The maximum Gasteiger partial charge on any atom is 0.239 e. The summed E-state index contributed by atoms with van der Waals surface area (Å²) in [5.41, 5.74) is 8.49. The van der Waals surface area contributed by atoms with Gasteiger partial charge in [0, 0.05) is 42.9 Å². The molecule has 0 spiro atoms. The van der Waals surface area contributed by atoms with Crippen LogP contribution in [0.1, 0.15) is 22.7 Å². The number of rotatable bonds is 7. The molecule has 3 rings (SSSR count). The summed E-state index contributed by atoms with van der Waals surface area (Å²) in [5.74, 6) is -0.448. The van der Waals surface area contributed by atoms with Crippen molar-refractivity contribution >= 4 is 17.5 Å². The van der Waals surface area contributed by atoms with Crippen molar-refractivity contribution in [2.24, 2.45) is 5.73 Å². The number of halogens is 1. The number of benzene rings is 1. The molecule has 1 unspecified atom stereocenters. The molecule has 1 aromatic carbocycles. The monoisotopic (exact) mass is 366 g/mol. The van der Waals surface area contributed by atoms with E-state index in [1.165, 1.54) is 0 Å². The molecule has 0 aliphatic rings. The van der Waals surface area contributed by atoms with Gasteiger partial charge in [0.15, 0.2) is 0 Å². The molecule has 5 nitrogen and oxygen atoms in total. The highest BCUT2D eigenvalue weighted by Gasteiger charge is 2.28. The van der Waals surface area contributed by atoms with Gasteiger partial charge >= 0.3 is 0 Å². The zero-order valence-electron chi connectivity index (χ0n) is 14.1. The van der Waals surface area contributed by atoms with Crippen molar-refractivity contribution in [2.75, 3.05) is 0 Å². The van der Waals surface area contributed by atoms with Crippen LogP contribution in [0.5, 0.6) is 0 Å². The average molecular weight is 367 g/mol. The van der Waals surface area contributed by atoms with Crippen LogP contribution in [0.3, 0.4) is 0 Å². The zero-order chi connectivity index (χ0) is 18.4. The number of pyridine rings is 2. The Kier molecular flexibility index (Phi) is 5.94. The summed E-state index contributed by atoms with van der Waals surface area (Å²) >= 11 is 6.36. The van der Waals surface area contributed by atoms with Crippen LogP contribution >= 0.6 is 11.6 Å². The summed E-state index contributed by atoms with van der Waals surface area (Å²) in [5, 5.41) is 0.516. The van der Waals surface area contributed by atoms with E-state index in [-0.39, 0.29) is 0 Å². The molecule has 132 valence electrons. The van der Waals surface area contributed by atoms with Crippen LogP contribution < -0.4 is 5.73 Å². The van der Waals surface area contributed by atoms with E-state index < -0.39 is 11.9 Å². The highest BCUT2D eigenvalue weighted by Crippen LogP contribution is 2.30. The minimum atomic E-state index is -0.655. The third-order valence-corrected chi connectivity index (χ3v) is 4.42. The van der Waals surface area contributed by atoms with E-state index in [1.807, 2.05) is 47.4 Å². The number of nitrogens with two attached hydrogens (primary N) is 1. The van der Waals surface area contributed by atoms with E-state index >= 15 is 0 Å². The molecule has 1 atom stereocenters. The Bertz CT molecular complexity index is 816. The highest BCUT2D eigenvalue weighted by atomic mass is 35.5. The summed E-state index contributed by atoms with van der Waals surface area (Å²) in [6, 6.07) is 14.3. The fourth-order valence-corrected chi connectivity index (χ4v) is 3.15. The minimum absolute atomic E-state index is 0.448. The molecule has 3 aromatic rings. The van der Waals surface area contributed by atoms with Crippen molar-refractivity contribution in [3.05, 3.63) is 95.0 Å². The van der Waals surface area contributed by atoms with E-state index in [9.17, 15) is 4.79 Å². The smallest absolute Gasteiger partial charge is 0.239 e. The summed E-state index contributed by atoms with van der Waals surface area (Å²) < 4.78 is 0. The molecule has 0 saturated heterocycles. The second-order valence-electron chi connectivity index (χ2n) is 5.95. The minimum Gasteiger partial charge on any atom is -0.368 e. The largest absolute Gasteiger partial charge is 0.368 e. The maximum atomic E-state index is 12.4. The first-order valence-electron chi connectivity index (χ1n) is 8.21. The molecule has 0 aliphatic heterocycles. The molecule has 2 N–H and O–H groups in total. The second kappa shape index (κ2) is 8.56. The Hall–Kier alpha value is -2.76. The molecule has 2 heterocycles. The number of nitrogens with zero attached hydrogens (tertiary/aromatic N) is 3. The molecule has 6 heteroatoms. The summed E-state index contributed by atoms with van der Waals surface area (Å²) in [7, 11) is 0. The Morgan fingerprint density at radius 3 is 2.35 bits per heavy atom. The summed E-state index contributed by atoms with van der Waals surface area (Å²) in [6.45, 7) is 1.03. The van der Waals surface area contributed by atoms with Crippen molar-refractivity contribution in [3.8, 4) is 0 Å². The maximum absolute atomic E-state index is 12.4. The van der Waals surface area contributed by atoms with Crippen LogP contribution in [-0.4, -0.2) is 20.8 Å². The third-order valence-electron chi connectivity index (χ3n) is 4.08. The molecule has 0 bridgehead atoms. The van der Waals surface area contributed by atoms with Gasteiger partial charge in [-0.25, -0.2) is 0 Å². The lowest BCUT2D eigenvalue weighted by Gasteiger charge is -2.30. The van der Waals surface area contributed by atoms with E-state index in [2.05, 4.69) is 9.97 Å². The first-order chi connectivity index (χ1) is 12.6. The summed E-state index contributed by atoms with van der Waals surface area (Å²) in [4.78, 5) is 22.6. The molecule has 0 saturated carbocycles. The first-order valence-corrected chi connectivity index (χ1v) is 8.58. The molecule has 26 heavy (non-hydrogen) atoms. The number of hydrogen-bond acceptors (Lipinski definition) is 4. The van der Waals surface area contributed by atoms with Gasteiger partial charge in [-0.1, -0.05) is 35.9 Å². The van der Waals surface area contributed by atoms with Crippen LogP contribution in [0.2, 0.25) is 5.02 Å². The molecular weight excluding hydrogens is 348 g/mol. The molecule has 1 amide bonds. The van der Waals surface area contributed by atoms with E-state index in [1.54, 1.807) is 30.9 Å². The van der Waals surface area contributed by atoms with Crippen LogP contribution in [0.25, 0.3) is 0 Å². The number of aromatic nitrogens is 2. The van der Waals surface area contributed by atoms with Crippen molar-refractivity contribution in [2.45, 2.75) is 19.1 Å². The third kappa shape index (κ3) is 4.45. The normalized spacial score (nSPS) is 12.1. The van der Waals surface area contributed by atoms with Gasteiger partial charge in [0.25, 0.3) is 0 Å². The molecule has 0 aliphatic carbocycles. The quantitative estimate of drug-likeness (QED) is 0.696. The lowest BCUT2D eigenvalue weighted by atomic mass is 10.0. The lowest BCUT2D eigenvalue weighted by Crippen LogP contribution is -2.37. The Morgan fingerprint density at radius 2 is 1.69 bits per heavy atom. The van der Waals surface area contributed by atoms with Crippen LogP contribution in [-0.2, 0) is 17.9 Å². The topological polar surface area (TPSA) is 72.1 Å². The summed E-state index contributed by atoms with van der Waals surface area (Å²) in [6.07, 6.45) is 6.96. The number of hydrogen-bond donors (Lipinski definition) is 1. The highest BCUT2D eigenvalue weighted by molar-refractivity contribution is 6.31. The Morgan fingerprint density at radius 1 is 0.962 bits per heavy atom. The predicted molar refractivity (Wildman–Crippen MR) is 101 cm³/mol. The standard InChI is InChI=1S/C20H19ClN4O/c21-18-6-2-1-5-17(18)19(20(22)26)25(13-15-7-10-23-11-8-15)14-16-4-3-9-24-12-16/h1-12,19H,13-14H2,(H2,22,26). The van der Waals surface area contributed by atoms with Gasteiger partial charge in [-0.15, -0.1) is 0 Å². The molecule has 0 fully saturated rings. The van der Waals surface area contributed by atoms with E-state index in [4.69, 9.17) is 17.3 Å². The van der Waals surface area contributed by atoms with Gasteiger partial charge in [0.2, 0.25) is 5.91 Å². The van der Waals surface area contributed by atoms with Gasteiger partial charge in [0.1, 0.15) is 6.04 Å². The Balaban J connectivity index is 1.99. The van der Waals surface area contributed by atoms with Crippen LogP contribution in [0.15, 0.2) is 73.3 Å². The zero-order valence-corrected chi connectivity index (χ0v) is 14.9. The Labute approximate surface area is 157 Å². The second-order valence-corrected chi connectivity index (χ2v) is 6.36. The molecule has 0 radical (unpaired) electrons. The van der Waals surface area contributed by atoms with Crippen molar-refractivity contribution in [1.82, 2.24) is 14.9 Å². The van der Waals surface area contributed by atoms with Gasteiger partial charge < -0.3 is 5.73 Å². The van der Waals surface area contributed by atoms with Gasteiger partial charge in [-0.2, -0.15) is 0 Å². The first kappa shape index (κ1) is 18.0.